The van der Waals surface area contributed by atoms with Crippen molar-refractivity contribution >= 4 is 11.8 Å². The summed E-state index contributed by atoms with van der Waals surface area (Å²) >= 11 is 0. The van der Waals surface area contributed by atoms with Gasteiger partial charge in [0.2, 0.25) is 5.91 Å². The SMILES string of the molecule is NC(=O)[C@@H](Cc1ccc(C(F)(F)F)cc1)NC(=O)c1cc(C(F)(F)F)cc(C(F)(F)F)c1. The van der Waals surface area contributed by atoms with Crippen LogP contribution in [0.5, 0.6) is 0 Å². The minimum Gasteiger partial charge on any atom is -0.368 e. The van der Waals surface area contributed by atoms with Crippen molar-refractivity contribution < 1.29 is 49.1 Å². The third-order valence-electron chi connectivity index (χ3n) is 4.22. The predicted molar refractivity (Wildman–Crippen MR) is 92.0 cm³/mol. The second-order valence-corrected chi connectivity index (χ2v) is 6.62. The molecule has 3 N–H and O–H groups in total. The van der Waals surface area contributed by atoms with Crippen molar-refractivity contribution in [2.45, 2.75) is 31.0 Å². The Morgan fingerprint density at radius 1 is 0.750 bits per heavy atom. The predicted octanol–water partition coefficient (Wildman–Crippen LogP) is 4.57. The number of carbonyl (C=O) groups is 2. The Hall–Kier alpha value is -3.25. The van der Waals surface area contributed by atoms with Gasteiger partial charge in [-0.05, 0) is 35.9 Å². The molecule has 4 nitrogen and oxygen atoms in total. The fraction of sp³-hybridized carbons (Fsp3) is 0.263. The summed E-state index contributed by atoms with van der Waals surface area (Å²) in [5.74, 6) is -2.67. The molecule has 0 aliphatic heterocycles. The smallest absolute Gasteiger partial charge is 0.368 e. The lowest BCUT2D eigenvalue weighted by Gasteiger charge is -2.18. The lowest BCUT2D eigenvalue weighted by Crippen LogP contribution is -2.46. The maximum absolute atomic E-state index is 12.9. The molecule has 0 bridgehead atoms. The lowest BCUT2D eigenvalue weighted by molar-refractivity contribution is -0.143. The van der Waals surface area contributed by atoms with Gasteiger partial charge in [-0.25, -0.2) is 0 Å². The van der Waals surface area contributed by atoms with E-state index in [0.29, 0.717) is 12.1 Å². The van der Waals surface area contributed by atoms with Gasteiger partial charge in [0, 0.05) is 12.0 Å². The van der Waals surface area contributed by atoms with E-state index < -0.39 is 65.1 Å². The summed E-state index contributed by atoms with van der Waals surface area (Å²) in [7, 11) is 0. The van der Waals surface area contributed by atoms with Gasteiger partial charge in [-0.1, -0.05) is 12.1 Å². The molecule has 2 aromatic rings. The molecule has 0 saturated heterocycles. The van der Waals surface area contributed by atoms with E-state index in [9.17, 15) is 49.1 Å². The average molecular weight is 472 g/mol. The van der Waals surface area contributed by atoms with Gasteiger partial charge in [-0.3, -0.25) is 9.59 Å². The second-order valence-electron chi connectivity index (χ2n) is 6.62. The second kappa shape index (κ2) is 8.71. The van der Waals surface area contributed by atoms with Gasteiger partial charge >= 0.3 is 18.5 Å². The largest absolute Gasteiger partial charge is 0.416 e. The summed E-state index contributed by atoms with van der Waals surface area (Å²) in [6.45, 7) is 0. The molecule has 13 heteroatoms. The van der Waals surface area contributed by atoms with Crippen LogP contribution in [0.3, 0.4) is 0 Å². The highest BCUT2D eigenvalue weighted by atomic mass is 19.4. The molecule has 174 valence electrons. The first-order valence-electron chi connectivity index (χ1n) is 8.54. The van der Waals surface area contributed by atoms with Crippen LogP contribution in [-0.4, -0.2) is 17.9 Å². The van der Waals surface area contributed by atoms with E-state index >= 15 is 0 Å². The molecule has 2 aromatic carbocycles. The number of benzene rings is 2. The van der Waals surface area contributed by atoms with Gasteiger partial charge in [0.1, 0.15) is 6.04 Å². The van der Waals surface area contributed by atoms with Crippen molar-refractivity contribution in [3.05, 3.63) is 70.3 Å². The first-order chi connectivity index (χ1) is 14.5. The Morgan fingerprint density at radius 2 is 1.19 bits per heavy atom. The highest BCUT2D eigenvalue weighted by Gasteiger charge is 2.38. The summed E-state index contributed by atoms with van der Waals surface area (Å²) in [6, 6.07) is 1.89. The number of alkyl halides is 9. The van der Waals surface area contributed by atoms with E-state index in [1.807, 2.05) is 5.32 Å². The summed E-state index contributed by atoms with van der Waals surface area (Å²) in [4.78, 5) is 23.9. The van der Waals surface area contributed by atoms with Crippen molar-refractivity contribution in [3.8, 4) is 0 Å². The highest BCUT2D eigenvalue weighted by Crippen LogP contribution is 2.36. The van der Waals surface area contributed by atoms with Crippen LogP contribution in [0.2, 0.25) is 0 Å². The minimum absolute atomic E-state index is 0.0992. The first-order valence-corrected chi connectivity index (χ1v) is 8.54. The summed E-state index contributed by atoms with van der Waals surface area (Å²) in [5, 5.41) is 1.91. The van der Waals surface area contributed by atoms with Crippen LogP contribution in [0, 0.1) is 0 Å². The molecule has 1 atom stereocenters. The Labute approximate surface area is 174 Å². The maximum atomic E-state index is 12.9. The molecular formula is C19H13F9N2O2. The monoisotopic (exact) mass is 472 g/mol. The molecule has 0 unspecified atom stereocenters. The Kier molecular flexibility index (Phi) is 6.81. The minimum atomic E-state index is -5.19. The fourth-order valence-corrected chi connectivity index (χ4v) is 2.62. The van der Waals surface area contributed by atoms with E-state index in [1.54, 1.807) is 0 Å². The number of primary amides is 1. The quantitative estimate of drug-likeness (QED) is 0.626. The zero-order chi connectivity index (χ0) is 24.5. The molecule has 0 fully saturated rings. The number of hydrogen-bond acceptors (Lipinski definition) is 2. The first kappa shape index (κ1) is 25.0. The van der Waals surface area contributed by atoms with E-state index in [-0.39, 0.29) is 23.8 Å². The third-order valence-corrected chi connectivity index (χ3v) is 4.22. The van der Waals surface area contributed by atoms with E-state index in [2.05, 4.69) is 0 Å². The molecule has 0 aliphatic carbocycles. The molecule has 0 heterocycles. The number of nitrogens with one attached hydrogen (secondary N) is 1. The van der Waals surface area contributed by atoms with Crippen molar-refractivity contribution in [1.29, 1.82) is 0 Å². The van der Waals surface area contributed by atoms with Crippen molar-refractivity contribution in [2.24, 2.45) is 5.73 Å². The third kappa shape index (κ3) is 6.37. The molecule has 2 rings (SSSR count). The van der Waals surface area contributed by atoms with Crippen LogP contribution in [-0.2, 0) is 29.7 Å². The Morgan fingerprint density at radius 3 is 1.56 bits per heavy atom. The van der Waals surface area contributed by atoms with E-state index in [1.165, 1.54) is 0 Å². The lowest BCUT2D eigenvalue weighted by atomic mass is 10.0. The zero-order valence-electron chi connectivity index (χ0n) is 15.6. The van der Waals surface area contributed by atoms with Gasteiger partial charge < -0.3 is 11.1 Å². The molecular weight excluding hydrogens is 459 g/mol. The van der Waals surface area contributed by atoms with Crippen LogP contribution >= 0.6 is 0 Å². The van der Waals surface area contributed by atoms with E-state index in [0.717, 1.165) is 12.1 Å². The van der Waals surface area contributed by atoms with Crippen LogP contribution in [0.1, 0.15) is 32.6 Å². The number of carbonyl (C=O) groups excluding carboxylic acids is 2. The normalized spacial score (nSPS) is 13.5. The Balaban J connectivity index is 2.31. The van der Waals surface area contributed by atoms with Gasteiger partial charge in [0.05, 0.1) is 16.7 Å². The van der Waals surface area contributed by atoms with Crippen LogP contribution < -0.4 is 11.1 Å². The van der Waals surface area contributed by atoms with Crippen molar-refractivity contribution in [1.82, 2.24) is 5.32 Å². The highest BCUT2D eigenvalue weighted by molar-refractivity contribution is 5.97. The van der Waals surface area contributed by atoms with Crippen molar-refractivity contribution in [3.63, 3.8) is 0 Å². The average Bonchev–Trinajstić information content (AvgIpc) is 2.65. The van der Waals surface area contributed by atoms with Gasteiger partial charge in [0.15, 0.2) is 0 Å². The van der Waals surface area contributed by atoms with Crippen LogP contribution in [0.25, 0.3) is 0 Å². The van der Waals surface area contributed by atoms with Crippen LogP contribution in [0.4, 0.5) is 39.5 Å². The van der Waals surface area contributed by atoms with Crippen molar-refractivity contribution in [2.75, 3.05) is 0 Å². The number of rotatable bonds is 5. The summed E-state index contributed by atoms with van der Waals surface area (Å²) < 4.78 is 115. The van der Waals surface area contributed by atoms with Gasteiger partial charge in [0.25, 0.3) is 5.91 Å². The van der Waals surface area contributed by atoms with Gasteiger partial charge in [-0.15, -0.1) is 0 Å². The van der Waals surface area contributed by atoms with E-state index in [4.69, 9.17) is 5.73 Å². The fourth-order valence-electron chi connectivity index (χ4n) is 2.62. The molecule has 0 saturated carbocycles. The molecule has 0 aromatic heterocycles. The molecule has 0 radical (unpaired) electrons. The summed E-state index contributed by atoms with van der Waals surface area (Å²) in [6.07, 6.45) is -15.5. The molecule has 0 spiro atoms. The Bertz CT molecular complexity index is 962. The number of amides is 2. The zero-order valence-corrected chi connectivity index (χ0v) is 15.6. The number of halogens is 9. The molecule has 2 amide bonds. The summed E-state index contributed by atoms with van der Waals surface area (Å²) in [5.41, 5.74) is -0.298. The number of nitrogens with two attached hydrogens (primary N) is 1. The maximum Gasteiger partial charge on any atom is 0.416 e. The molecule has 0 aliphatic rings. The van der Waals surface area contributed by atoms with Crippen LogP contribution in [0.15, 0.2) is 42.5 Å². The number of hydrogen-bond donors (Lipinski definition) is 2. The molecule has 32 heavy (non-hydrogen) atoms. The van der Waals surface area contributed by atoms with Gasteiger partial charge in [-0.2, -0.15) is 39.5 Å². The topological polar surface area (TPSA) is 72.2 Å². The standard InChI is InChI=1S/C19H13F9N2O2/c20-17(21,22)11-3-1-9(2-4-11)5-14(15(29)31)30-16(32)10-6-12(18(23,24)25)8-13(7-10)19(26,27)28/h1-4,6-8,14H,5H2,(H2,29,31)(H,30,32)/t14-/m1/s1.